The summed E-state index contributed by atoms with van der Waals surface area (Å²) in [6.45, 7) is 2.00. The van der Waals surface area contributed by atoms with Crippen molar-refractivity contribution >= 4 is 6.09 Å². The first-order valence-corrected chi connectivity index (χ1v) is 6.32. The average Bonchev–Trinajstić information content (AvgIpc) is 2.44. The Bertz CT molecular complexity index is 382. The first-order valence-electron chi connectivity index (χ1n) is 6.32. The molecule has 0 bridgehead atoms. The van der Waals surface area contributed by atoms with Crippen molar-refractivity contribution in [1.29, 1.82) is 0 Å². The first-order chi connectivity index (χ1) is 9.04. The van der Waals surface area contributed by atoms with E-state index in [1.807, 2.05) is 30.3 Å². The summed E-state index contributed by atoms with van der Waals surface area (Å²) in [6.07, 6.45) is -1.87. The molecule has 0 aliphatic heterocycles. The lowest BCUT2D eigenvalue weighted by Gasteiger charge is -2.23. The molecule has 1 amide bonds. The maximum absolute atomic E-state index is 11.7. The van der Waals surface area contributed by atoms with Crippen LogP contribution in [0.5, 0.6) is 0 Å². The number of ether oxygens (including phenoxy) is 1. The largest absolute Gasteiger partial charge is 0.445 e. The van der Waals surface area contributed by atoms with Gasteiger partial charge in [0.2, 0.25) is 0 Å². The molecule has 1 aromatic rings. The van der Waals surface area contributed by atoms with E-state index in [-0.39, 0.29) is 13.2 Å². The molecule has 0 aliphatic carbocycles. The number of aliphatic hydroxyl groups is 2. The third kappa shape index (κ3) is 5.28. The Hall–Kier alpha value is -1.59. The molecule has 106 valence electrons. The second kappa shape index (κ2) is 7.76. The first kappa shape index (κ1) is 15.5. The Morgan fingerprint density at radius 1 is 1.26 bits per heavy atom. The van der Waals surface area contributed by atoms with Gasteiger partial charge < -0.3 is 19.8 Å². The SMILES string of the molecule is CCC(O)[C@@H](O)CN(C)C(=O)OCc1ccccc1. The van der Waals surface area contributed by atoms with Gasteiger partial charge in [0.1, 0.15) is 6.61 Å². The molecule has 0 spiro atoms. The highest BCUT2D eigenvalue weighted by Gasteiger charge is 2.19. The predicted octanol–water partition coefficient (Wildman–Crippen LogP) is 1.39. The number of amides is 1. The second-order valence-electron chi connectivity index (χ2n) is 4.46. The zero-order valence-corrected chi connectivity index (χ0v) is 11.3. The molecule has 0 saturated heterocycles. The molecule has 1 aromatic carbocycles. The molecule has 19 heavy (non-hydrogen) atoms. The smallest absolute Gasteiger partial charge is 0.409 e. The number of hydrogen-bond donors (Lipinski definition) is 2. The minimum atomic E-state index is -0.959. The summed E-state index contributed by atoms with van der Waals surface area (Å²) in [6, 6.07) is 9.36. The van der Waals surface area contributed by atoms with E-state index in [4.69, 9.17) is 4.74 Å². The number of aliphatic hydroxyl groups excluding tert-OH is 2. The number of likely N-dealkylation sites (N-methyl/N-ethyl adjacent to an activating group) is 1. The van der Waals surface area contributed by atoms with E-state index in [9.17, 15) is 15.0 Å². The minimum absolute atomic E-state index is 0.0443. The molecule has 5 nitrogen and oxygen atoms in total. The molecule has 2 atom stereocenters. The van der Waals surface area contributed by atoms with Gasteiger partial charge >= 0.3 is 6.09 Å². The number of nitrogens with zero attached hydrogens (tertiary/aromatic N) is 1. The molecule has 1 unspecified atom stereocenters. The number of hydrogen-bond acceptors (Lipinski definition) is 4. The van der Waals surface area contributed by atoms with Crippen LogP contribution in [0, 0.1) is 0 Å². The quantitative estimate of drug-likeness (QED) is 0.817. The van der Waals surface area contributed by atoms with Gasteiger partial charge in [-0.05, 0) is 12.0 Å². The van der Waals surface area contributed by atoms with Crippen molar-refractivity contribution in [3.05, 3.63) is 35.9 Å². The molecule has 0 aliphatic rings. The fraction of sp³-hybridized carbons (Fsp3) is 0.500. The van der Waals surface area contributed by atoms with Crippen LogP contribution in [0.2, 0.25) is 0 Å². The van der Waals surface area contributed by atoms with Gasteiger partial charge in [-0.25, -0.2) is 4.79 Å². The van der Waals surface area contributed by atoms with Crippen LogP contribution in [0.15, 0.2) is 30.3 Å². The fourth-order valence-electron chi connectivity index (χ4n) is 1.58. The maximum atomic E-state index is 11.7. The highest BCUT2D eigenvalue weighted by atomic mass is 16.6. The number of benzene rings is 1. The summed E-state index contributed by atoms with van der Waals surface area (Å²) in [5.41, 5.74) is 0.901. The van der Waals surface area contributed by atoms with Gasteiger partial charge in [0.05, 0.1) is 18.8 Å². The van der Waals surface area contributed by atoms with Gasteiger partial charge in [0.15, 0.2) is 0 Å². The van der Waals surface area contributed by atoms with Gasteiger partial charge in [0.25, 0.3) is 0 Å². The topological polar surface area (TPSA) is 70.0 Å². The van der Waals surface area contributed by atoms with E-state index < -0.39 is 18.3 Å². The van der Waals surface area contributed by atoms with Crippen LogP contribution in [-0.4, -0.2) is 47.0 Å². The van der Waals surface area contributed by atoms with E-state index in [1.54, 1.807) is 6.92 Å². The normalized spacial score (nSPS) is 13.7. The summed E-state index contributed by atoms with van der Waals surface area (Å²) >= 11 is 0. The molecule has 0 fully saturated rings. The average molecular weight is 267 g/mol. The Labute approximate surface area is 113 Å². The maximum Gasteiger partial charge on any atom is 0.409 e. The molecule has 0 radical (unpaired) electrons. The van der Waals surface area contributed by atoms with Crippen molar-refractivity contribution in [2.45, 2.75) is 32.2 Å². The summed E-state index contributed by atoms with van der Waals surface area (Å²) in [5, 5.41) is 19.1. The van der Waals surface area contributed by atoms with Crippen LogP contribution in [0.3, 0.4) is 0 Å². The lowest BCUT2D eigenvalue weighted by molar-refractivity contribution is -0.00123. The summed E-state index contributed by atoms with van der Waals surface area (Å²) in [7, 11) is 1.53. The van der Waals surface area contributed by atoms with E-state index in [0.717, 1.165) is 5.56 Å². The monoisotopic (exact) mass is 267 g/mol. The minimum Gasteiger partial charge on any atom is -0.445 e. The Morgan fingerprint density at radius 3 is 2.47 bits per heavy atom. The molecule has 5 heteroatoms. The van der Waals surface area contributed by atoms with Crippen molar-refractivity contribution < 1.29 is 19.7 Å². The molecule has 1 rings (SSSR count). The highest BCUT2D eigenvalue weighted by Crippen LogP contribution is 2.05. The zero-order chi connectivity index (χ0) is 14.3. The third-order valence-electron chi connectivity index (χ3n) is 2.84. The lowest BCUT2D eigenvalue weighted by Crippen LogP contribution is -2.40. The van der Waals surface area contributed by atoms with E-state index >= 15 is 0 Å². The van der Waals surface area contributed by atoms with Crippen molar-refractivity contribution in [3.63, 3.8) is 0 Å². The number of carbonyl (C=O) groups excluding carboxylic acids is 1. The fourth-order valence-corrected chi connectivity index (χ4v) is 1.58. The second-order valence-corrected chi connectivity index (χ2v) is 4.46. The number of carbonyl (C=O) groups is 1. The third-order valence-corrected chi connectivity index (χ3v) is 2.84. The van der Waals surface area contributed by atoms with E-state index in [0.29, 0.717) is 6.42 Å². The van der Waals surface area contributed by atoms with Crippen LogP contribution in [0.1, 0.15) is 18.9 Å². The highest BCUT2D eigenvalue weighted by molar-refractivity contribution is 5.67. The van der Waals surface area contributed by atoms with Crippen molar-refractivity contribution in [3.8, 4) is 0 Å². The summed E-state index contributed by atoms with van der Waals surface area (Å²) in [5.74, 6) is 0. The van der Waals surface area contributed by atoms with Gasteiger partial charge in [0, 0.05) is 7.05 Å². The molecule has 0 heterocycles. The molecule has 0 aromatic heterocycles. The molecule has 2 N–H and O–H groups in total. The van der Waals surface area contributed by atoms with Crippen LogP contribution < -0.4 is 0 Å². The number of rotatable bonds is 6. The molecule has 0 saturated carbocycles. The summed E-state index contributed by atoms with van der Waals surface area (Å²) in [4.78, 5) is 12.9. The Kier molecular flexibility index (Phi) is 6.32. The summed E-state index contributed by atoms with van der Waals surface area (Å²) < 4.78 is 5.10. The van der Waals surface area contributed by atoms with Gasteiger partial charge in [-0.3, -0.25) is 0 Å². The van der Waals surface area contributed by atoms with Gasteiger partial charge in [-0.2, -0.15) is 0 Å². The van der Waals surface area contributed by atoms with E-state index in [1.165, 1.54) is 11.9 Å². The standard InChI is InChI=1S/C14H21NO4/c1-3-12(16)13(17)9-15(2)14(18)19-10-11-7-5-4-6-8-11/h4-8,12-13,16-17H,3,9-10H2,1-2H3/t12?,13-/m0/s1. The zero-order valence-electron chi connectivity index (χ0n) is 11.3. The van der Waals surface area contributed by atoms with Crippen molar-refractivity contribution in [2.75, 3.05) is 13.6 Å². The van der Waals surface area contributed by atoms with E-state index in [2.05, 4.69) is 0 Å². The molecular weight excluding hydrogens is 246 g/mol. The van der Waals surface area contributed by atoms with Crippen LogP contribution in [-0.2, 0) is 11.3 Å². The van der Waals surface area contributed by atoms with Crippen molar-refractivity contribution in [2.24, 2.45) is 0 Å². The Balaban J connectivity index is 2.37. The van der Waals surface area contributed by atoms with Crippen LogP contribution in [0.25, 0.3) is 0 Å². The van der Waals surface area contributed by atoms with Crippen LogP contribution in [0.4, 0.5) is 4.79 Å². The Morgan fingerprint density at radius 2 is 1.89 bits per heavy atom. The lowest BCUT2D eigenvalue weighted by atomic mass is 10.1. The predicted molar refractivity (Wildman–Crippen MR) is 71.6 cm³/mol. The van der Waals surface area contributed by atoms with Crippen LogP contribution >= 0.6 is 0 Å². The van der Waals surface area contributed by atoms with Gasteiger partial charge in [-0.15, -0.1) is 0 Å². The van der Waals surface area contributed by atoms with Crippen molar-refractivity contribution in [1.82, 2.24) is 4.90 Å². The van der Waals surface area contributed by atoms with Gasteiger partial charge in [-0.1, -0.05) is 37.3 Å². The molecular formula is C14H21NO4.